The number of rotatable bonds is 3. The van der Waals surface area contributed by atoms with Crippen molar-refractivity contribution in [3.05, 3.63) is 23.8 Å². The van der Waals surface area contributed by atoms with Gasteiger partial charge in [-0.25, -0.2) is 9.59 Å². The maximum Gasteiger partial charge on any atom is 0.411 e. The van der Waals surface area contributed by atoms with E-state index in [9.17, 15) is 9.59 Å². The van der Waals surface area contributed by atoms with Crippen molar-refractivity contribution in [3.63, 3.8) is 0 Å². The van der Waals surface area contributed by atoms with Gasteiger partial charge in [-0.3, -0.25) is 5.32 Å². The maximum atomic E-state index is 10.9. The maximum absolute atomic E-state index is 10.9. The first-order chi connectivity index (χ1) is 7.58. The summed E-state index contributed by atoms with van der Waals surface area (Å²) in [5.74, 6) is -0.909. The summed E-state index contributed by atoms with van der Waals surface area (Å²) in [6.45, 7) is 0. The summed E-state index contributed by atoms with van der Waals surface area (Å²) >= 11 is 0. The molecular weight excluding hydrogens is 214 g/mol. The van der Waals surface area contributed by atoms with Crippen molar-refractivity contribution in [1.29, 1.82) is 0 Å². The summed E-state index contributed by atoms with van der Waals surface area (Å²) in [6.07, 6.45) is -0.665. The molecule has 0 aliphatic carbocycles. The van der Waals surface area contributed by atoms with Gasteiger partial charge >= 0.3 is 12.1 Å². The molecule has 0 spiro atoms. The molecule has 0 radical (unpaired) electrons. The van der Waals surface area contributed by atoms with Crippen molar-refractivity contribution >= 4 is 17.7 Å². The number of nitrogens with one attached hydrogen (secondary N) is 1. The quantitative estimate of drug-likeness (QED) is 0.815. The Morgan fingerprint density at radius 3 is 2.50 bits per heavy atom. The first-order valence-electron chi connectivity index (χ1n) is 4.34. The van der Waals surface area contributed by atoms with Crippen molar-refractivity contribution in [2.24, 2.45) is 0 Å². The van der Waals surface area contributed by atoms with E-state index in [-0.39, 0.29) is 11.3 Å². The van der Waals surface area contributed by atoms with Gasteiger partial charge in [-0.1, -0.05) is 0 Å². The lowest BCUT2D eigenvalue weighted by Gasteiger charge is -2.08. The van der Waals surface area contributed by atoms with Gasteiger partial charge in [0.15, 0.2) is 0 Å². The lowest BCUT2D eigenvalue weighted by Crippen LogP contribution is -2.11. The second-order valence-electron chi connectivity index (χ2n) is 2.84. The number of carbonyl (C=O) groups is 2. The number of hydrogen-bond acceptors (Lipinski definition) is 4. The summed E-state index contributed by atoms with van der Waals surface area (Å²) in [5.41, 5.74) is 0.293. The number of hydrogen-bond donors (Lipinski definition) is 2. The third kappa shape index (κ3) is 2.63. The summed E-state index contributed by atoms with van der Waals surface area (Å²) in [4.78, 5) is 21.8. The van der Waals surface area contributed by atoms with Crippen molar-refractivity contribution < 1.29 is 24.2 Å². The fourth-order valence-electron chi connectivity index (χ4n) is 1.12. The van der Waals surface area contributed by atoms with Crippen LogP contribution in [-0.2, 0) is 4.74 Å². The van der Waals surface area contributed by atoms with Crippen LogP contribution in [0.15, 0.2) is 18.2 Å². The lowest BCUT2D eigenvalue weighted by molar-refractivity contribution is 0.0693. The minimum absolute atomic E-state index is 0.0311. The highest BCUT2D eigenvalue weighted by molar-refractivity contribution is 5.94. The van der Waals surface area contributed by atoms with Gasteiger partial charge in [-0.15, -0.1) is 0 Å². The summed E-state index contributed by atoms with van der Waals surface area (Å²) in [5, 5.41) is 11.2. The average molecular weight is 225 g/mol. The molecule has 2 N–H and O–H groups in total. The number of amides is 1. The normalized spacial score (nSPS) is 9.38. The van der Waals surface area contributed by atoms with E-state index in [1.807, 2.05) is 0 Å². The third-order valence-electron chi connectivity index (χ3n) is 1.86. The molecule has 0 aliphatic rings. The van der Waals surface area contributed by atoms with Crippen LogP contribution in [0.25, 0.3) is 0 Å². The van der Waals surface area contributed by atoms with Crippen LogP contribution in [0.5, 0.6) is 5.75 Å². The van der Waals surface area contributed by atoms with Crippen LogP contribution in [0.3, 0.4) is 0 Å². The topological polar surface area (TPSA) is 84.9 Å². The molecule has 1 aromatic carbocycles. The van der Waals surface area contributed by atoms with E-state index < -0.39 is 12.1 Å². The molecule has 6 heteroatoms. The minimum Gasteiger partial charge on any atom is -0.496 e. The number of carboxylic acids is 1. The molecule has 1 aromatic rings. The van der Waals surface area contributed by atoms with Crippen molar-refractivity contribution in [2.45, 2.75) is 0 Å². The van der Waals surface area contributed by atoms with Gasteiger partial charge in [0, 0.05) is 5.69 Å². The first-order valence-corrected chi connectivity index (χ1v) is 4.34. The standard InChI is InChI=1S/C10H11NO5/c1-15-8-4-3-6(11-10(14)16-2)5-7(8)9(12)13/h3-5H,1-2H3,(H,11,14)(H,12,13). The van der Waals surface area contributed by atoms with E-state index in [1.54, 1.807) is 0 Å². The molecule has 0 bridgehead atoms. The van der Waals surface area contributed by atoms with Crippen LogP contribution in [0, 0.1) is 0 Å². The Morgan fingerprint density at radius 1 is 1.31 bits per heavy atom. The smallest absolute Gasteiger partial charge is 0.411 e. The molecule has 1 amide bonds. The van der Waals surface area contributed by atoms with Crippen LogP contribution in [0.1, 0.15) is 10.4 Å². The number of carboxylic acid groups (broad SMARTS) is 1. The van der Waals surface area contributed by atoms with Gasteiger partial charge in [0.2, 0.25) is 0 Å². The van der Waals surface area contributed by atoms with Crippen LogP contribution in [0.2, 0.25) is 0 Å². The molecule has 0 aromatic heterocycles. The molecule has 0 unspecified atom stereocenters. The van der Waals surface area contributed by atoms with Crippen LogP contribution < -0.4 is 10.1 Å². The van der Waals surface area contributed by atoms with Crippen molar-refractivity contribution in [3.8, 4) is 5.75 Å². The van der Waals surface area contributed by atoms with E-state index in [4.69, 9.17) is 9.84 Å². The molecule has 0 aliphatic heterocycles. The number of benzene rings is 1. The van der Waals surface area contributed by atoms with Crippen LogP contribution >= 0.6 is 0 Å². The van der Waals surface area contributed by atoms with E-state index >= 15 is 0 Å². The molecule has 6 nitrogen and oxygen atoms in total. The minimum atomic E-state index is -1.13. The number of methoxy groups -OCH3 is 2. The number of ether oxygens (including phenoxy) is 2. The molecule has 1 rings (SSSR count). The van der Waals surface area contributed by atoms with Crippen LogP contribution in [-0.4, -0.2) is 31.4 Å². The van der Waals surface area contributed by atoms with E-state index in [2.05, 4.69) is 10.1 Å². The Balaban J connectivity index is 3.02. The highest BCUT2D eigenvalue weighted by Crippen LogP contribution is 2.22. The van der Waals surface area contributed by atoms with Gasteiger partial charge in [-0.05, 0) is 18.2 Å². The predicted molar refractivity (Wildman–Crippen MR) is 56.0 cm³/mol. The molecule has 0 atom stereocenters. The second-order valence-corrected chi connectivity index (χ2v) is 2.84. The molecule has 16 heavy (non-hydrogen) atoms. The molecule has 0 heterocycles. The van der Waals surface area contributed by atoms with Crippen molar-refractivity contribution in [1.82, 2.24) is 0 Å². The highest BCUT2D eigenvalue weighted by Gasteiger charge is 2.12. The predicted octanol–water partition coefficient (Wildman–Crippen LogP) is 1.57. The summed E-state index contributed by atoms with van der Waals surface area (Å²) in [6, 6.07) is 4.26. The second kappa shape index (κ2) is 5.01. The van der Waals surface area contributed by atoms with Crippen molar-refractivity contribution in [2.75, 3.05) is 19.5 Å². The van der Waals surface area contributed by atoms with E-state index in [1.165, 1.54) is 32.4 Å². The van der Waals surface area contributed by atoms with Gasteiger partial charge in [0.25, 0.3) is 0 Å². The van der Waals surface area contributed by atoms with Crippen LogP contribution in [0.4, 0.5) is 10.5 Å². The zero-order valence-corrected chi connectivity index (χ0v) is 8.81. The molecule has 0 saturated carbocycles. The Hall–Kier alpha value is -2.24. The lowest BCUT2D eigenvalue weighted by atomic mass is 10.2. The summed E-state index contributed by atoms with van der Waals surface area (Å²) in [7, 11) is 2.59. The highest BCUT2D eigenvalue weighted by atomic mass is 16.5. The monoisotopic (exact) mass is 225 g/mol. The average Bonchev–Trinajstić information content (AvgIpc) is 2.28. The van der Waals surface area contributed by atoms with E-state index in [0.29, 0.717) is 5.69 Å². The number of carbonyl (C=O) groups excluding carboxylic acids is 1. The van der Waals surface area contributed by atoms with E-state index in [0.717, 1.165) is 0 Å². The molecule has 0 saturated heterocycles. The Bertz CT molecular complexity index is 416. The SMILES string of the molecule is COC(=O)Nc1ccc(OC)c(C(=O)O)c1. The fourth-order valence-corrected chi connectivity index (χ4v) is 1.12. The number of aromatic carboxylic acids is 1. The molecule has 0 fully saturated rings. The summed E-state index contributed by atoms with van der Waals surface area (Å²) < 4.78 is 9.25. The number of anilines is 1. The fraction of sp³-hybridized carbons (Fsp3) is 0.200. The molecule has 86 valence electrons. The zero-order chi connectivity index (χ0) is 12.1. The van der Waals surface area contributed by atoms with Gasteiger partial charge in [0.05, 0.1) is 14.2 Å². The zero-order valence-electron chi connectivity index (χ0n) is 8.81. The van der Waals surface area contributed by atoms with Gasteiger partial charge in [-0.2, -0.15) is 0 Å². The third-order valence-corrected chi connectivity index (χ3v) is 1.86. The van der Waals surface area contributed by atoms with Gasteiger partial charge < -0.3 is 14.6 Å². The first kappa shape index (κ1) is 11.8. The Labute approximate surface area is 91.8 Å². The van der Waals surface area contributed by atoms with Gasteiger partial charge in [0.1, 0.15) is 11.3 Å². The molecular formula is C10H11NO5. The largest absolute Gasteiger partial charge is 0.496 e. The Morgan fingerprint density at radius 2 is 2.00 bits per heavy atom. The Kier molecular flexibility index (Phi) is 3.71.